The quantitative estimate of drug-likeness (QED) is 0.724. The van der Waals surface area contributed by atoms with E-state index in [1.54, 1.807) is 6.07 Å². The first-order valence-electron chi connectivity index (χ1n) is 4.34. The van der Waals surface area contributed by atoms with Crippen molar-refractivity contribution in [3.05, 3.63) is 22.2 Å². The van der Waals surface area contributed by atoms with E-state index in [4.69, 9.17) is 10.00 Å². The number of rotatable bonds is 3. The Kier molecular flexibility index (Phi) is 4.12. The zero-order valence-electron chi connectivity index (χ0n) is 8.38. The fourth-order valence-corrected chi connectivity index (χ4v) is 1.79. The summed E-state index contributed by atoms with van der Waals surface area (Å²) in [6.45, 7) is 0. The molecular weight excluding hydrogens is 278 g/mol. The van der Waals surface area contributed by atoms with Gasteiger partial charge in [0.2, 0.25) is 0 Å². The predicted molar refractivity (Wildman–Crippen MR) is 58.9 cm³/mol. The van der Waals surface area contributed by atoms with Gasteiger partial charge in [-0.05, 0) is 12.1 Å². The minimum Gasteiger partial charge on any atom is -0.504 e. The molecule has 0 aliphatic carbocycles. The van der Waals surface area contributed by atoms with Crippen LogP contribution in [0.15, 0.2) is 16.6 Å². The average molecular weight is 288 g/mol. The topological polar surface area (TPSA) is 93.7 Å². The molecule has 1 rings (SSSR count). The van der Waals surface area contributed by atoms with E-state index in [2.05, 4.69) is 15.9 Å². The van der Waals surface area contributed by atoms with E-state index in [-0.39, 0.29) is 17.1 Å². The van der Waals surface area contributed by atoms with Gasteiger partial charge in [-0.15, -0.1) is 0 Å². The lowest BCUT2D eigenvalue weighted by atomic mass is 10.0. The molecule has 0 aliphatic rings. The van der Waals surface area contributed by atoms with Crippen LogP contribution in [0.25, 0.3) is 0 Å². The van der Waals surface area contributed by atoms with Crippen molar-refractivity contribution in [2.45, 2.75) is 12.2 Å². The Hall–Kier alpha value is -1.29. The fraction of sp³-hybridized carbons (Fsp3) is 0.300. The molecule has 0 radical (unpaired) electrons. The molecule has 1 aromatic carbocycles. The van der Waals surface area contributed by atoms with Crippen LogP contribution in [0, 0.1) is 11.3 Å². The van der Waals surface area contributed by atoms with Gasteiger partial charge in [-0.2, -0.15) is 5.26 Å². The summed E-state index contributed by atoms with van der Waals surface area (Å²) in [5, 5.41) is 37.1. The Morgan fingerprint density at radius 1 is 1.44 bits per heavy atom. The third-order valence-electron chi connectivity index (χ3n) is 2.07. The smallest absolute Gasteiger partial charge is 0.170 e. The molecule has 2 atom stereocenters. The number of ether oxygens (including phenoxy) is 1. The number of hydrogen-bond donors (Lipinski definition) is 3. The first-order chi connectivity index (χ1) is 7.52. The Labute approximate surface area is 101 Å². The van der Waals surface area contributed by atoms with Gasteiger partial charge in [-0.1, -0.05) is 15.9 Å². The van der Waals surface area contributed by atoms with Crippen molar-refractivity contribution >= 4 is 15.9 Å². The molecular formula is C10H10BrNO4. The first kappa shape index (κ1) is 12.8. The van der Waals surface area contributed by atoms with E-state index in [0.29, 0.717) is 4.47 Å². The summed E-state index contributed by atoms with van der Waals surface area (Å²) in [4.78, 5) is 0. The zero-order valence-corrected chi connectivity index (χ0v) is 9.97. The number of nitriles is 1. The minimum atomic E-state index is -1.62. The SMILES string of the molecule is COc1ccc(Br)c(C(O)C(O)C#N)c1O. The molecule has 3 N–H and O–H groups in total. The normalized spacial score (nSPS) is 13.9. The molecule has 0 aliphatic heterocycles. The number of phenols is 1. The number of aliphatic hydroxyl groups excluding tert-OH is 2. The number of nitrogens with zero attached hydrogens (tertiary/aromatic N) is 1. The van der Waals surface area contributed by atoms with E-state index in [0.717, 1.165) is 0 Å². The monoisotopic (exact) mass is 287 g/mol. The molecule has 86 valence electrons. The third-order valence-corrected chi connectivity index (χ3v) is 2.77. The maximum Gasteiger partial charge on any atom is 0.170 e. The predicted octanol–water partition coefficient (Wildman–Crippen LogP) is 1.08. The van der Waals surface area contributed by atoms with Gasteiger partial charge < -0.3 is 20.1 Å². The second-order valence-electron chi connectivity index (χ2n) is 3.03. The molecule has 0 amide bonds. The van der Waals surface area contributed by atoms with Gasteiger partial charge in [0.25, 0.3) is 0 Å². The summed E-state index contributed by atoms with van der Waals surface area (Å²) >= 11 is 3.11. The number of aliphatic hydroxyl groups is 2. The first-order valence-corrected chi connectivity index (χ1v) is 5.13. The molecule has 0 aromatic heterocycles. The van der Waals surface area contributed by atoms with Crippen molar-refractivity contribution in [3.8, 4) is 17.6 Å². The van der Waals surface area contributed by atoms with E-state index in [1.165, 1.54) is 19.2 Å². The Morgan fingerprint density at radius 2 is 2.06 bits per heavy atom. The van der Waals surface area contributed by atoms with Gasteiger partial charge in [-0.25, -0.2) is 0 Å². The molecule has 2 unspecified atom stereocenters. The highest BCUT2D eigenvalue weighted by atomic mass is 79.9. The summed E-state index contributed by atoms with van der Waals surface area (Å²) in [5.41, 5.74) is 0.0217. The maximum atomic E-state index is 9.75. The standard InChI is InChI=1S/C10H10BrNO4/c1-16-7-3-2-5(11)8(10(7)15)9(14)6(13)4-12/h2-3,6,9,13-15H,1H3. The van der Waals surface area contributed by atoms with E-state index in [9.17, 15) is 15.3 Å². The van der Waals surface area contributed by atoms with Crippen molar-refractivity contribution in [1.82, 2.24) is 0 Å². The lowest BCUT2D eigenvalue weighted by Gasteiger charge is -2.17. The molecule has 0 saturated carbocycles. The van der Waals surface area contributed by atoms with Gasteiger partial charge in [0.05, 0.1) is 13.2 Å². The zero-order chi connectivity index (χ0) is 12.3. The molecule has 0 fully saturated rings. The number of phenolic OH excluding ortho intramolecular Hbond substituents is 1. The highest BCUT2D eigenvalue weighted by Gasteiger charge is 2.25. The highest BCUT2D eigenvalue weighted by Crippen LogP contribution is 2.39. The van der Waals surface area contributed by atoms with Gasteiger partial charge >= 0.3 is 0 Å². The summed E-state index contributed by atoms with van der Waals surface area (Å²) in [6.07, 6.45) is -3.12. The van der Waals surface area contributed by atoms with Crippen molar-refractivity contribution in [3.63, 3.8) is 0 Å². The number of benzene rings is 1. The number of aromatic hydroxyl groups is 1. The molecule has 0 saturated heterocycles. The van der Waals surface area contributed by atoms with E-state index >= 15 is 0 Å². The molecule has 0 heterocycles. The number of halogens is 1. The van der Waals surface area contributed by atoms with E-state index in [1.807, 2.05) is 0 Å². The van der Waals surface area contributed by atoms with Gasteiger partial charge in [0.15, 0.2) is 17.6 Å². The van der Waals surface area contributed by atoms with Crippen LogP contribution >= 0.6 is 15.9 Å². The van der Waals surface area contributed by atoms with Crippen LogP contribution in [0.1, 0.15) is 11.7 Å². The molecule has 6 heteroatoms. The Balaban J connectivity index is 3.27. The molecule has 5 nitrogen and oxygen atoms in total. The minimum absolute atomic E-state index is 0.0217. The van der Waals surface area contributed by atoms with Crippen molar-refractivity contribution in [1.29, 1.82) is 5.26 Å². The van der Waals surface area contributed by atoms with Crippen LogP contribution in [0.4, 0.5) is 0 Å². The molecule has 16 heavy (non-hydrogen) atoms. The lowest BCUT2D eigenvalue weighted by Crippen LogP contribution is -2.16. The third kappa shape index (κ3) is 2.27. The van der Waals surface area contributed by atoms with Crippen LogP contribution in [-0.4, -0.2) is 28.5 Å². The molecule has 1 aromatic rings. The van der Waals surface area contributed by atoms with Crippen molar-refractivity contribution in [2.24, 2.45) is 0 Å². The van der Waals surface area contributed by atoms with Crippen LogP contribution in [-0.2, 0) is 0 Å². The Bertz CT molecular complexity index is 430. The summed E-state index contributed by atoms with van der Waals surface area (Å²) < 4.78 is 5.24. The van der Waals surface area contributed by atoms with Crippen molar-refractivity contribution in [2.75, 3.05) is 7.11 Å². The van der Waals surface area contributed by atoms with Crippen LogP contribution in [0.2, 0.25) is 0 Å². The lowest BCUT2D eigenvalue weighted by molar-refractivity contribution is 0.0504. The summed E-state index contributed by atoms with van der Waals surface area (Å²) in [5.74, 6) is -0.152. The average Bonchev–Trinajstić information content (AvgIpc) is 2.28. The van der Waals surface area contributed by atoms with Gasteiger partial charge in [0, 0.05) is 10.0 Å². The number of hydrogen-bond acceptors (Lipinski definition) is 5. The Morgan fingerprint density at radius 3 is 2.56 bits per heavy atom. The van der Waals surface area contributed by atoms with Crippen molar-refractivity contribution < 1.29 is 20.1 Å². The second kappa shape index (κ2) is 5.16. The largest absolute Gasteiger partial charge is 0.504 e. The van der Waals surface area contributed by atoms with Crippen LogP contribution in [0.5, 0.6) is 11.5 Å². The van der Waals surface area contributed by atoms with E-state index < -0.39 is 12.2 Å². The maximum absolute atomic E-state index is 9.75. The van der Waals surface area contributed by atoms with Gasteiger partial charge in [0.1, 0.15) is 6.10 Å². The fourth-order valence-electron chi connectivity index (χ4n) is 1.24. The molecule has 0 spiro atoms. The van der Waals surface area contributed by atoms with Crippen LogP contribution in [0.3, 0.4) is 0 Å². The van der Waals surface area contributed by atoms with Crippen LogP contribution < -0.4 is 4.74 Å². The number of methoxy groups -OCH3 is 1. The molecule has 0 bridgehead atoms. The highest BCUT2D eigenvalue weighted by molar-refractivity contribution is 9.10. The summed E-state index contributed by atoms with van der Waals surface area (Å²) in [6, 6.07) is 4.53. The summed E-state index contributed by atoms with van der Waals surface area (Å²) in [7, 11) is 1.36. The van der Waals surface area contributed by atoms with Gasteiger partial charge in [-0.3, -0.25) is 0 Å². The second-order valence-corrected chi connectivity index (χ2v) is 3.89.